The van der Waals surface area contributed by atoms with Crippen molar-refractivity contribution in [1.29, 1.82) is 0 Å². The number of hydrogen-bond donors (Lipinski definition) is 1. The van der Waals surface area contributed by atoms with Gasteiger partial charge in [0.25, 0.3) is 0 Å². The van der Waals surface area contributed by atoms with Gasteiger partial charge in [-0.05, 0) is 44.1 Å². The summed E-state index contributed by atoms with van der Waals surface area (Å²) in [7, 11) is 0. The van der Waals surface area contributed by atoms with E-state index in [0.29, 0.717) is 28.8 Å². The first-order chi connectivity index (χ1) is 12.8. The molecule has 1 N–H and O–H groups in total. The van der Waals surface area contributed by atoms with E-state index in [1.54, 1.807) is 0 Å². The summed E-state index contributed by atoms with van der Waals surface area (Å²) < 4.78 is 12.3. The highest BCUT2D eigenvalue weighted by Gasteiger charge is 2.22. The fraction of sp³-hybridized carbons (Fsp3) is 0.444. The van der Waals surface area contributed by atoms with Crippen LogP contribution in [0.3, 0.4) is 0 Å². The van der Waals surface area contributed by atoms with Crippen molar-refractivity contribution in [3.63, 3.8) is 0 Å². The summed E-state index contributed by atoms with van der Waals surface area (Å²) in [6, 6.07) is 5.73. The molecule has 5 rings (SSSR count). The van der Waals surface area contributed by atoms with Crippen LogP contribution in [-0.4, -0.2) is 30.2 Å². The normalized spacial score (nSPS) is 17.1. The number of hydrogen-bond acceptors (Lipinski definition) is 7. The Morgan fingerprint density at radius 2 is 2.12 bits per heavy atom. The lowest BCUT2D eigenvalue weighted by Gasteiger charge is -2.25. The van der Waals surface area contributed by atoms with Crippen LogP contribution in [0, 0.1) is 5.92 Å². The molecule has 0 amide bonds. The van der Waals surface area contributed by atoms with Crippen LogP contribution in [0.25, 0.3) is 11.4 Å². The zero-order valence-corrected chi connectivity index (χ0v) is 15.2. The zero-order valence-electron chi connectivity index (χ0n) is 14.3. The van der Waals surface area contributed by atoms with Gasteiger partial charge in [0.05, 0.1) is 11.8 Å². The number of pyridine rings is 1. The van der Waals surface area contributed by atoms with Crippen molar-refractivity contribution in [3.8, 4) is 17.3 Å². The lowest BCUT2D eigenvalue weighted by Crippen LogP contribution is -2.24. The second kappa shape index (κ2) is 6.68. The molecule has 8 heteroatoms. The molecule has 2 saturated carbocycles. The van der Waals surface area contributed by atoms with Gasteiger partial charge in [-0.15, -0.1) is 0 Å². The van der Waals surface area contributed by atoms with Crippen molar-refractivity contribution in [2.75, 3.05) is 5.32 Å². The van der Waals surface area contributed by atoms with Crippen LogP contribution >= 0.6 is 11.5 Å². The van der Waals surface area contributed by atoms with Crippen molar-refractivity contribution < 1.29 is 4.74 Å². The van der Waals surface area contributed by atoms with Crippen LogP contribution < -0.4 is 10.1 Å². The predicted molar refractivity (Wildman–Crippen MR) is 99.6 cm³/mol. The SMILES string of the molecule is c1cc(Nc2nc(-c3cnn(CC4CC4)c3)ns2)nc(OC2CCC2)c1. The first kappa shape index (κ1) is 15.7. The third-order valence-corrected chi connectivity index (χ3v) is 5.39. The summed E-state index contributed by atoms with van der Waals surface area (Å²) >= 11 is 1.32. The minimum atomic E-state index is 0.318. The summed E-state index contributed by atoms with van der Waals surface area (Å²) in [6.45, 7) is 0.993. The maximum absolute atomic E-state index is 5.85. The van der Waals surface area contributed by atoms with E-state index in [9.17, 15) is 0 Å². The molecule has 26 heavy (non-hydrogen) atoms. The fourth-order valence-corrected chi connectivity index (χ4v) is 3.45. The average Bonchev–Trinajstić information content (AvgIpc) is 3.10. The summed E-state index contributed by atoms with van der Waals surface area (Å²) in [5, 5.41) is 8.34. The van der Waals surface area contributed by atoms with Crippen molar-refractivity contribution in [2.24, 2.45) is 5.92 Å². The molecule has 3 aromatic rings. The Balaban J connectivity index is 1.26. The molecule has 0 radical (unpaired) electrons. The Labute approximate surface area is 155 Å². The first-order valence-electron chi connectivity index (χ1n) is 9.09. The Kier molecular flexibility index (Phi) is 4.05. The zero-order chi connectivity index (χ0) is 17.3. The third kappa shape index (κ3) is 3.55. The summed E-state index contributed by atoms with van der Waals surface area (Å²) in [5.41, 5.74) is 0.949. The van der Waals surface area contributed by atoms with E-state index in [-0.39, 0.29) is 0 Å². The number of nitrogens with zero attached hydrogens (tertiary/aromatic N) is 5. The van der Waals surface area contributed by atoms with E-state index in [4.69, 9.17) is 4.74 Å². The summed E-state index contributed by atoms with van der Waals surface area (Å²) in [5.74, 6) is 2.87. The predicted octanol–water partition coefficient (Wildman–Crippen LogP) is 3.88. The topological polar surface area (TPSA) is 77.8 Å². The highest BCUT2D eigenvalue weighted by atomic mass is 32.1. The van der Waals surface area contributed by atoms with Gasteiger partial charge in [0.2, 0.25) is 11.0 Å². The van der Waals surface area contributed by atoms with Gasteiger partial charge in [0.1, 0.15) is 11.9 Å². The molecule has 0 saturated heterocycles. The molecular weight excluding hydrogens is 348 g/mol. The number of ether oxygens (including phenoxy) is 1. The first-order valence-corrected chi connectivity index (χ1v) is 9.86. The molecule has 2 fully saturated rings. The second-order valence-electron chi connectivity index (χ2n) is 6.97. The van der Waals surface area contributed by atoms with Crippen LogP contribution in [0.15, 0.2) is 30.6 Å². The van der Waals surface area contributed by atoms with E-state index in [1.807, 2.05) is 35.3 Å². The fourth-order valence-electron chi connectivity index (χ4n) is 2.85. The van der Waals surface area contributed by atoms with Crippen LogP contribution in [0.1, 0.15) is 32.1 Å². The Morgan fingerprint density at radius 3 is 2.92 bits per heavy atom. The second-order valence-corrected chi connectivity index (χ2v) is 7.73. The van der Waals surface area contributed by atoms with E-state index >= 15 is 0 Å². The van der Waals surface area contributed by atoms with Gasteiger partial charge in [0.15, 0.2) is 5.82 Å². The Bertz CT molecular complexity index is 898. The molecule has 0 bridgehead atoms. The van der Waals surface area contributed by atoms with Gasteiger partial charge in [-0.2, -0.15) is 19.4 Å². The van der Waals surface area contributed by atoms with E-state index in [2.05, 4.69) is 24.8 Å². The molecule has 0 spiro atoms. The van der Waals surface area contributed by atoms with E-state index in [0.717, 1.165) is 30.9 Å². The molecule has 0 unspecified atom stereocenters. The molecule has 0 atom stereocenters. The lowest BCUT2D eigenvalue weighted by molar-refractivity contribution is 0.115. The smallest absolute Gasteiger partial charge is 0.215 e. The highest BCUT2D eigenvalue weighted by Crippen LogP contribution is 2.31. The molecular formula is C18H20N6OS. The van der Waals surface area contributed by atoms with Crippen molar-refractivity contribution in [3.05, 3.63) is 30.6 Å². The Hall–Kier alpha value is -2.48. The molecule has 0 aromatic carbocycles. The molecule has 3 heterocycles. The summed E-state index contributed by atoms with van der Waals surface area (Å²) in [6.07, 6.45) is 10.3. The Morgan fingerprint density at radius 1 is 1.19 bits per heavy atom. The van der Waals surface area contributed by atoms with E-state index in [1.165, 1.54) is 30.8 Å². The quantitative estimate of drug-likeness (QED) is 0.682. The van der Waals surface area contributed by atoms with Crippen LogP contribution in [0.4, 0.5) is 10.9 Å². The van der Waals surface area contributed by atoms with Crippen molar-refractivity contribution >= 4 is 22.5 Å². The number of anilines is 2. The van der Waals surface area contributed by atoms with Gasteiger partial charge in [-0.25, -0.2) is 0 Å². The molecule has 7 nitrogen and oxygen atoms in total. The van der Waals surface area contributed by atoms with Gasteiger partial charge in [-0.1, -0.05) is 6.07 Å². The molecule has 2 aliphatic carbocycles. The van der Waals surface area contributed by atoms with Gasteiger partial charge in [0, 0.05) is 30.3 Å². The standard InChI is InChI=1S/C18H20N6OS/c1-3-14(4-1)25-16-6-2-5-15(20-16)21-18-22-17(23-26-18)13-9-19-24(11-13)10-12-7-8-12/h2,5-6,9,11-12,14H,1,3-4,7-8,10H2,(H,20,21,22,23). The summed E-state index contributed by atoms with van der Waals surface area (Å²) in [4.78, 5) is 9.07. The molecule has 2 aliphatic rings. The molecule has 0 aliphatic heterocycles. The van der Waals surface area contributed by atoms with Crippen molar-refractivity contribution in [2.45, 2.75) is 44.8 Å². The molecule has 3 aromatic heterocycles. The lowest BCUT2D eigenvalue weighted by atomic mass is 9.96. The van der Waals surface area contributed by atoms with Gasteiger partial charge in [-0.3, -0.25) is 4.68 Å². The minimum absolute atomic E-state index is 0.318. The van der Waals surface area contributed by atoms with Crippen molar-refractivity contribution in [1.82, 2.24) is 24.1 Å². The molecule has 134 valence electrons. The van der Waals surface area contributed by atoms with Gasteiger partial charge < -0.3 is 10.1 Å². The minimum Gasteiger partial charge on any atom is -0.474 e. The maximum Gasteiger partial charge on any atom is 0.215 e. The van der Waals surface area contributed by atoms with E-state index < -0.39 is 0 Å². The largest absolute Gasteiger partial charge is 0.474 e. The maximum atomic E-state index is 5.85. The monoisotopic (exact) mass is 368 g/mol. The van der Waals surface area contributed by atoms with Crippen LogP contribution in [-0.2, 0) is 6.54 Å². The number of rotatable bonds is 7. The average molecular weight is 368 g/mol. The van der Waals surface area contributed by atoms with Crippen LogP contribution in [0.5, 0.6) is 5.88 Å². The number of nitrogens with one attached hydrogen (secondary N) is 1. The highest BCUT2D eigenvalue weighted by molar-refractivity contribution is 7.09. The van der Waals surface area contributed by atoms with Crippen LogP contribution in [0.2, 0.25) is 0 Å². The number of aromatic nitrogens is 5. The van der Waals surface area contributed by atoms with Gasteiger partial charge >= 0.3 is 0 Å². The third-order valence-electron chi connectivity index (χ3n) is 4.76.